The maximum Gasteiger partial charge on any atom is 0.171 e. The van der Waals surface area contributed by atoms with Crippen LogP contribution in [0.4, 0.5) is 5.69 Å². The van der Waals surface area contributed by atoms with E-state index in [1.165, 1.54) is 0 Å². The van der Waals surface area contributed by atoms with Crippen LogP contribution in [0.1, 0.15) is 17.1 Å². The highest BCUT2D eigenvalue weighted by Gasteiger charge is 2.04. The summed E-state index contributed by atoms with van der Waals surface area (Å²) in [5.74, 6) is 2.59. The maximum absolute atomic E-state index is 5.47. The minimum Gasteiger partial charge on any atom is -0.497 e. The highest BCUT2D eigenvalue weighted by Crippen LogP contribution is 2.20. The summed E-state index contributed by atoms with van der Waals surface area (Å²) in [6.07, 6.45) is 0. The molecule has 0 amide bonds. The van der Waals surface area contributed by atoms with Gasteiger partial charge in [0.25, 0.3) is 0 Å². The van der Waals surface area contributed by atoms with Gasteiger partial charge in [-0.25, -0.2) is 0 Å². The first-order chi connectivity index (χ1) is 9.58. The highest BCUT2D eigenvalue weighted by atomic mass is 32.1. The molecule has 4 nitrogen and oxygen atoms in total. The number of rotatable bonds is 4. The van der Waals surface area contributed by atoms with Crippen LogP contribution in [0.3, 0.4) is 0 Å². The second kappa shape index (κ2) is 6.43. The van der Waals surface area contributed by atoms with Crippen LogP contribution in [-0.4, -0.2) is 12.2 Å². The number of aryl methyl sites for hydroxylation is 2. The summed E-state index contributed by atoms with van der Waals surface area (Å²) < 4.78 is 10.6. The molecule has 0 bridgehead atoms. The molecule has 0 radical (unpaired) electrons. The zero-order valence-corrected chi connectivity index (χ0v) is 12.6. The van der Waals surface area contributed by atoms with Crippen LogP contribution in [0.15, 0.2) is 34.7 Å². The minimum atomic E-state index is 0.562. The predicted molar refractivity (Wildman–Crippen MR) is 84.2 cm³/mol. The third-order valence-corrected chi connectivity index (χ3v) is 3.15. The Morgan fingerprint density at radius 3 is 2.65 bits per heavy atom. The van der Waals surface area contributed by atoms with Gasteiger partial charge in [0.15, 0.2) is 5.11 Å². The average molecular weight is 290 g/mol. The van der Waals surface area contributed by atoms with E-state index in [1.54, 1.807) is 7.11 Å². The van der Waals surface area contributed by atoms with Crippen molar-refractivity contribution in [3.8, 4) is 5.75 Å². The topological polar surface area (TPSA) is 46.4 Å². The number of benzene rings is 1. The molecule has 0 aliphatic heterocycles. The summed E-state index contributed by atoms with van der Waals surface area (Å²) in [5, 5.41) is 6.84. The van der Waals surface area contributed by atoms with E-state index >= 15 is 0 Å². The summed E-state index contributed by atoms with van der Waals surface area (Å²) in [4.78, 5) is 0. The molecule has 0 unspecified atom stereocenters. The molecule has 5 heteroatoms. The number of thiocarbonyl (C=S) groups is 1. The summed E-state index contributed by atoms with van der Waals surface area (Å²) in [5.41, 5.74) is 2.03. The molecule has 0 atom stereocenters. The van der Waals surface area contributed by atoms with Gasteiger partial charge in [-0.2, -0.15) is 0 Å². The highest BCUT2D eigenvalue weighted by molar-refractivity contribution is 7.80. The number of anilines is 1. The number of furan rings is 1. The summed E-state index contributed by atoms with van der Waals surface area (Å²) in [6.45, 7) is 4.49. The standard InChI is InChI=1S/C15H18N2O2S/c1-10-8-12(18-3)6-7-14(10)17-15(20)16-9-13-5-4-11(2)19-13/h4-8H,9H2,1-3H3,(H2,16,17,20). The molecular weight excluding hydrogens is 272 g/mol. The van der Waals surface area contributed by atoms with E-state index in [9.17, 15) is 0 Å². The molecule has 1 aromatic carbocycles. The number of nitrogens with one attached hydrogen (secondary N) is 2. The molecular formula is C15H18N2O2S. The fourth-order valence-corrected chi connectivity index (χ4v) is 2.00. The molecule has 2 rings (SSSR count). The van der Waals surface area contributed by atoms with Crippen LogP contribution in [0, 0.1) is 13.8 Å². The number of hydrogen-bond donors (Lipinski definition) is 2. The van der Waals surface area contributed by atoms with E-state index in [-0.39, 0.29) is 0 Å². The lowest BCUT2D eigenvalue weighted by Crippen LogP contribution is -2.28. The van der Waals surface area contributed by atoms with E-state index in [1.807, 2.05) is 44.2 Å². The van der Waals surface area contributed by atoms with Gasteiger partial charge < -0.3 is 19.8 Å². The van der Waals surface area contributed by atoms with Crippen molar-refractivity contribution < 1.29 is 9.15 Å². The monoisotopic (exact) mass is 290 g/mol. The Hall–Kier alpha value is -2.01. The Labute approximate surface area is 124 Å². The molecule has 0 aliphatic carbocycles. The van der Waals surface area contributed by atoms with Gasteiger partial charge in [0, 0.05) is 5.69 Å². The normalized spacial score (nSPS) is 10.2. The summed E-state index contributed by atoms with van der Waals surface area (Å²) in [7, 11) is 1.65. The Balaban J connectivity index is 1.91. The predicted octanol–water partition coefficient (Wildman–Crippen LogP) is 3.39. The fraction of sp³-hybridized carbons (Fsp3) is 0.267. The van der Waals surface area contributed by atoms with E-state index in [2.05, 4.69) is 10.6 Å². The Morgan fingerprint density at radius 1 is 1.25 bits per heavy atom. The minimum absolute atomic E-state index is 0.562. The third-order valence-electron chi connectivity index (χ3n) is 2.90. The zero-order chi connectivity index (χ0) is 14.5. The largest absolute Gasteiger partial charge is 0.497 e. The van der Waals surface area contributed by atoms with Crippen molar-refractivity contribution in [2.75, 3.05) is 12.4 Å². The lowest BCUT2D eigenvalue weighted by molar-refractivity contribution is 0.414. The molecule has 1 heterocycles. The Bertz CT molecular complexity index is 608. The average Bonchev–Trinajstić information content (AvgIpc) is 2.84. The second-order valence-corrected chi connectivity index (χ2v) is 4.91. The van der Waals surface area contributed by atoms with Crippen LogP contribution >= 0.6 is 12.2 Å². The first-order valence-electron chi connectivity index (χ1n) is 6.33. The lowest BCUT2D eigenvalue weighted by atomic mass is 10.2. The SMILES string of the molecule is COc1ccc(NC(=S)NCc2ccc(C)o2)c(C)c1. The molecule has 0 saturated heterocycles. The molecule has 106 valence electrons. The molecule has 1 aromatic heterocycles. The van der Waals surface area contributed by atoms with Crippen molar-refractivity contribution in [1.82, 2.24) is 5.32 Å². The van der Waals surface area contributed by atoms with Crippen molar-refractivity contribution in [2.45, 2.75) is 20.4 Å². The van der Waals surface area contributed by atoms with Crippen molar-refractivity contribution in [3.05, 3.63) is 47.4 Å². The summed E-state index contributed by atoms with van der Waals surface area (Å²) in [6, 6.07) is 9.67. The van der Waals surface area contributed by atoms with Crippen molar-refractivity contribution in [1.29, 1.82) is 0 Å². The second-order valence-electron chi connectivity index (χ2n) is 4.50. The molecule has 2 N–H and O–H groups in total. The molecule has 0 aliphatic rings. The van der Waals surface area contributed by atoms with Crippen LogP contribution in [0.5, 0.6) is 5.75 Å². The molecule has 0 fully saturated rings. The van der Waals surface area contributed by atoms with Gasteiger partial charge in [0.05, 0.1) is 13.7 Å². The van der Waals surface area contributed by atoms with Crippen LogP contribution < -0.4 is 15.4 Å². The van der Waals surface area contributed by atoms with Gasteiger partial charge in [-0.15, -0.1) is 0 Å². The van der Waals surface area contributed by atoms with Gasteiger partial charge in [0.1, 0.15) is 17.3 Å². The number of ether oxygens (including phenoxy) is 1. The first-order valence-corrected chi connectivity index (χ1v) is 6.74. The van der Waals surface area contributed by atoms with Gasteiger partial charge in [-0.3, -0.25) is 0 Å². The van der Waals surface area contributed by atoms with Gasteiger partial charge in [-0.1, -0.05) is 0 Å². The quantitative estimate of drug-likeness (QED) is 0.845. The molecule has 0 saturated carbocycles. The van der Waals surface area contributed by atoms with E-state index in [0.717, 1.165) is 28.5 Å². The van der Waals surface area contributed by atoms with Gasteiger partial charge >= 0.3 is 0 Å². The summed E-state index contributed by atoms with van der Waals surface area (Å²) >= 11 is 5.27. The third kappa shape index (κ3) is 3.74. The van der Waals surface area contributed by atoms with Crippen molar-refractivity contribution in [2.24, 2.45) is 0 Å². The Kier molecular flexibility index (Phi) is 4.63. The van der Waals surface area contributed by atoms with Gasteiger partial charge in [-0.05, 0) is 62.0 Å². The smallest absolute Gasteiger partial charge is 0.171 e. The maximum atomic E-state index is 5.47. The van der Waals surface area contributed by atoms with Crippen LogP contribution in [0.2, 0.25) is 0 Å². The van der Waals surface area contributed by atoms with Crippen LogP contribution in [-0.2, 0) is 6.54 Å². The Morgan fingerprint density at radius 2 is 2.05 bits per heavy atom. The number of hydrogen-bond acceptors (Lipinski definition) is 3. The lowest BCUT2D eigenvalue weighted by Gasteiger charge is -2.12. The van der Waals surface area contributed by atoms with Crippen molar-refractivity contribution in [3.63, 3.8) is 0 Å². The van der Waals surface area contributed by atoms with E-state index in [4.69, 9.17) is 21.4 Å². The first kappa shape index (κ1) is 14.4. The van der Waals surface area contributed by atoms with Crippen LogP contribution in [0.25, 0.3) is 0 Å². The molecule has 0 spiro atoms. The number of methoxy groups -OCH3 is 1. The van der Waals surface area contributed by atoms with Crippen molar-refractivity contribution >= 4 is 23.0 Å². The van der Waals surface area contributed by atoms with E-state index < -0.39 is 0 Å². The molecule has 2 aromatic rings. The fourth-order valence-electron chi connectivity index (χ4n) is 1.82. The molecule has 20 heavy (non-hydrogen) atoms. The zero-order valence-electron chi connectivity index (χ0n) is 11.8. The van der Waals surface area contributed by atoms with Gasteiger partial charge in [0.2, 0.25) is 0 Å². The van der Waals surface area contributed by atoms with E-state index in [0.29, 0.717) is 11.7 Å².